The van der Waals surface area contributed by atoms with Crippen molar-refractivity contribution in [3.63, 3.8) is 0 Å². The molecule has 21 heavy (non-hydrogen) atoms. The Bertz CT molecular complexity index is 449. The van der Waals surface area contributed by atoms with Crippen LogP contribution in [0.2, 0.25) is 0 Å². The molecule has 0 aliphatic heterocycles. The van der Waals surface area contributed by atoms with Crippen molar-refractivity contribution in [2.45, 2.75) is 64.0 Å². The van der Waals surface area contributed by atoms with Gasteiger partial charge >= 0.3 is 6.03 Å². The number of aliphatic hydroxyl groups is 1. The van der Waals surface area contributed by atoms with Gasteiger partial charge in [-0.2, -0.15) is 5.10 Å². The summed E-state index contributed by atoms with van der Waals surface area (Å²) in [7, 11) is 0. The molecule has 0 radical (unpaired) electrons. The molecular weight excluding hydrogens is 276 g/mol. The summed E-state index contributed by atoms with van der Waals surface area (Å²) >= 11 is 0. The third kappa shape index (κ3) is 3.90. The number of hydrogen-bond acceptors (Lipinski definition) is 5. The topological polar surface area (TPSA) is 131 Å². The van der Waals surface area contributed by atoms with Crippen LogP contribution in [0.25, 0.3) is 0 Å². The van der Waals surface area contributed by atoms with Gasteiger partial charge in [-0.15, -0.1) is 0 Å². The molecule has 120 valence electrons. The Balaban J connectivity index is 3.05. The van der Waals surface area contributed by atoms with Crippen LogP contribution in [0.5, 0.6) is 0 Å². The maximum Gasteiger partial charge on any atom is 0.332 e. The van der Waals surface area contributed by atoms with E-state index in [2.05, 4.69) is 10.5 Å². The minimum Gasteiger partial charge on any atom is -0.389 e. The minimum absolute atomic E-state index is 0.205. The number of rotatable bonds is 5. The molecule has 1 aliphatic rings. The lowest BCUT2D eigenvalue weighted by Crippen LogP contribution is -2.54. The second-order valence-corrected chi connectivity index (χ2v) is 6.07. The average molecular weight is 300 g/mol. The van der Waals surface area contributed by atoms with E-state index in [0.717, 1.165) is 0 Å². The Hall–Kier alpha value is -1.70. The van der Waals surface area contributed by atoms with Crippen molar-refractivity contribution in [3.8, 4) is 0 Å². The highest BCUT2D eigenvalue weighted by Crippen LogP contribution is 2.43. The van der Waals surface area contributed by atoms with Crippen molar-refractivity contribution in [2.75, 3.05) is 0 Å². The lowest BCUT2D eigenvalue weighted by atomic mass is 9.65. The zero-order valence-corrected chi connectivity index (χ0v) is 12.8. The number of hydrogen-bond donors (Lipinski definition) is 3. The Kier molecular flexibility index (Phi) is 5.27. The van der Waals surface area contributed by atoms with Crippen LogP contribution in [-0.4, -0.2) is 32.9 Å². The van der Waals surface area contributed by atoms with Crippen molar-refractivity contribution in [1.82, 2.24) is 5.43 Å². The number of carbonyl (C=O) groups excluding carboxylic acids is 1. The maximum atomic E-state index is 11.5. The molecule has 1 aliphatic carbocycles. The van der Waals surface area contributed by atoms with Gasteiger partial charge in [0.25, 0.3) is 0 Å². The Labute approximate surface area is 123 Å². The van der Waals surface area contributed by atoms with Crippen LogP contribution in [0.1, 0.15) is 52.9 Å². The van der Waals surface area contributed by atoms with E-state index in [1.165, 1.54) is 0 Å². The molecule has 1 saturated carbocycles. The number of nitro groups is 1. The summed E-state index contributed by atoms with van der Waals surface area (Å²) in [5.41, 5.74) is 5.40. The third-order valence-electron chi connectivity index (χ3n) is 4.38. The number of primary amides is 1. The van der Waals surface area contributed by atoms with Gasteiger partial charge in [0.1, 0.15) is 0 Å². The lowest BCUT2D eigenvalue weighted by Gasteiger charge is -2.43. The highest BCUT2D eigenvalue weighted by atomic mass is 16.6. The molecule has 1 fully saturated rings. The van der Waals surface area contributed by atoms with Gasteiger partial charge in [-0.05, 0) is 26.7 Å². The van der Waals surface area contributed by atoms with Gasteiger partial charge in [0.05, 0.1) is 5.60 Å². The van der Waals surface area contributed by atoms with Gasteiger partial charge in [0.2, 0.25) is 5.54 Å². The van der Waals surface area contributed by atoms with Crippen molar-refractivity contribution in [1.29, 1.82) is 0 Å². The summed E-state index contributed by atoms with van der Waals surface area (Å²) in [6.45, 7) is 5.19. The van der Waals surface area contributed by atoms with Crippen molar-refractivity contribution in [2.24, 2.45) is 16.8 Å². The predicted molar refractivity (Wildman–Crippen MR) is 78.4 cm³/mol. The fourth-order valence-corrected chi connectivity index (χ4v) is 3.13. The normalized spacial score (nSPS) is 33.5. The average Bonchev–Trinajstić information content (AvgIpc) is 2.38. The molecule has 0 aromatic carbocycles. The molecule has 3 atom stereocenters. The molecule has 0 aromatic rings. The fourth-order valence-electron chi connectivity index (χ4n) is 3.13. The lowest BCUT2D eigenvalue weighted by molar-refractivity contribution is -0.579. The molecule has 4 N–H and O–H groups in total. The Morgan fingerprint density at radius 1 is 1.57 bits per heavy atom. The summed E-state index contributed by atoms with van der Waals surface area (Å²) in [4.78, 5) is 22.0. The van der Waals surface area contributed by atoms with Gasteiger partial charge in [0.15, 0.2) is 0 Å². The molecule has 8 nitrogen and oxygen atoms in total. The van der Waals surface area contributed by atoms with E-state index in [1.807, 2.05) is 6.92 Å². The summed E-state index contributed by atoms with van der Waals surface area (Å²) < 4.78 is 0. The molecule has 0 saturated heterocycles. The fraction of sp³-hybridized carbons (Fsp3) is 0.846. The molecule has 8 heteroatoms. The van der Waals surface area contributed by atoms with E-state index in [0.29, 0.717) is 31.4 Å². The molecule has 0 heterocycles. The van der Waals surface area contributed by atoms with Crippen molar-refractivity contribution in [3.05, 3.63) is 10.1 Å². The highest BCUT2D eigenvalue weighted by Gasteiger charge is 2.53. The van der Waals surface area contributed by atoms with Crippen LogP contribution in [0, 0.1) is 16.0 Å². The van der Waals surface area contributed by atoms with Gasteiger partial charge in [-0.3, -0.25) is 10.1 Å². The standard InChI is InChI=1S/C13H24N4O4/c1-4-5-13(17(20)21)7-6-12(3,19)10(8-13)9(2)15-16-11(14)18/h10,19H,4-8H2,1-3H3,(H3,14,16,18)/b15-9-. The molecular formula is C13H24N4O4. The van der Waals surface area contributed by atoms with Crippen LogP contribution >= 0.6 is 0 Å². The third-order valence-corrected chi connectivity index (χ3v) is 4.38. The second-order valence-electron chi connectivity index (χ2n) is 6.07. The van der Waals surface area contributed by atoms with Gasteiger partial charge < -0.3 is 10.8 Å². The number of urea groups is 1. The predicted octanol–water partition coefficient (Wildman–Crippen LogP) is 1.40. The summed E-state index contributed by atoms with van der Waals surface area (Å²) in [5, 5.41) is 25.8. The molecule has 3 unspecified atom stereocenters. The molecule has 0 spiro atoms. The number of nitrogens with zero attached hydrogens (tertiary/aromatic N) is 2. The van der Waals surface area contributed by atoms with E-state index < -0.39 is 23.1 Å². The first-order valence-electron chi connectivity index (χ1n) is 7.11. The monoisotopic (exact) mass is 300 g/mol. The summed E-state index contributed by atoms with van der Waals surface area (Å²) in [6, 6.07) is -0.807. The van der Waals surface area contributed by atoms with Crippen molar-refractivity contribution < 1.29 is 14.8 Å². The van der Waals surface area contributed by atoms with E-state index in [1.54, 1.807) is 13.8 Å². The van der Waals surface area contributed by atoms with E-state index in [-0.39, 0.29) is 11.3 Å². The number of nitrogens with two attached hydrogens (primary N) is 1. The number of nitrogens with one attached hydrogen (secondary N) is 1. The van der Waals surface area contributed by atoms with E-state index in [4.69, 9.17) is 5.73 Å². The number of hydrazone groups is 1. The first kappa shape index (κ1) is 17.4. The SMILES string of the molecule is CCCC1([N+](=O)[O-])CCC(C)(O)C(/C(C)=N\NC(N)=O)C1. The van der Waals surface area contributed by atoms with E-state index >= 15 is 0 Å². The number of amides is 2. The second kappa shape index (κ2) is 6.38. The largest absolute Gasteiger partial charge is 0.389 e. The van der Waals surface area contributed by atoms with Crippen LogP contribution in [0.4, 0.5) is 4.79 Å². The maximum absolute atomic E-state index is 11.5. The molecule has 2 amide bonds. The molecule has 0 bridgehead atoms. The van der Waals surface area contributed by atoms with Gasteiger partial charge in [0, 0.05) is 35.8 Å². The summed E-state index contributed by atoms with van der Waals surface area (Å²) in [5.74, 6) is -0.491. The quantitative estimate of drug-likeness (QED) is 0.402. The summed E-state index contributed by atoms with van der Waals surface area (Å²) in [6.07, 6.45) is 2.03. The molecule has 0 aromatic heterocycles. The number of carbonyl (C=O) groups is 1. The molecule has 1 rings (SSSR count). The van der Waals surface area contributed by atoms with Crippen LogP contribution in [0.3, 0.4) is 0 Å². The van der Waals surface area contributed by atoms with Gasteiger partial charge in [-0.1, -0.05) is 6.92 Å². The smallest absolute Gasteiger partial charge is 0.332 e. The zero-order chi connectivity index (χ0) is 16.3. The van der Waals surface area contributed by atoms with Crippen LogP contribution in [0.15, 0.2) is 5.10 Å². The van der Waals surface area contributed by atoms with Crippen LogP contribution < -0.4 is 11.2 Å². The minimum atomic E-state index is -1.08. The van der Waals surface area contributed by atoms with Gasteiger partial charge in [-0.25, -0.2) is 10.2 Å². The first-order valence-corrected chi connectivity index (χ1v) is 7.11. The first-order chi connectivity index (χ1) is 9.64. The van der Waals surface area contributed by atoms with Crippen molar-refractivity contribution >= 4 is 11.7 Å². The highest BCUT2D eigenvalue weighted by molar-refractivity contribution is 5.87. The Morgan fingerprint density at radius 2 is 2.19 bits per heavy atom. The zero-order valence-electron chi connectivity index (χ0n) is 12.8. The van der Waals surface area contributed by atoms with Crippen LogP contribution in [-0.2, 0) is 0 Å². The van der Waals surface area contributed by atoms with E-state index in [9.17, 15) is 20.0 Å². The Morgan fingerprint density at radius 3 is 2.67 bits per heavy atom.